The van der Waals surface area contributed by atoms with Crippen LogP contribution in [0.15, 0.2) is 48.5 Å². The van der Waals surface area contributed by atoms with Crippen molar-refractivity contribution >= 4 is 18.5 Å². The Kier molecular flexibility index (Phi) is 3.86. The molecule has 2 nitrogen and oxygen atoms in total. The van der Waals surface area contributed by atoms with Crippen molar-refractivity contribution in [3.8, 4) is 16.9 Å². The standard InChI is InChI=1S/C18H16BFO2/c1-11-7-8-15(12(2)18(11)22-19-21)16-9-13-5-3-4-6-14(13)10-17(16)20/h3-10,19,21H,1-2H3. The van der Waals surface area contributed by atoms with Gasteiger partial charge in [-0.25, -0.2) is 4.39 Å². The lowest BCUT2D eigenvalue weighted by Gasteiger charge is -2.15. The van der Waals surface area contributed by atoms with Crippen LogP contribution >= 0.6 is 0 Å². The largest absolute Gasteiger partial charge is 0.538 e. The zero-order chi connectivity index (χ0) is 15.7. The zero-order valence-electron chi connectivity index (χ0n) is 12.6. The molecule has 1 N–H and O–H groups in total. The monoisotopic (exact) mass is 294 g/mol. The minimum atomic E-state index is -0.397. The number of hydrogen-bond acceptors (Lipinski definition) is 2. The summed E-state index contributed by atoms with van der Waals surface area (Å²) in [7, 11) is -0.397. The Hall–Kier alpha value is -2.33. The van der Waals surface area contributed by atoms with Gasteiger partial charge in [-0.15, -0.1) is 0 Å². The Labute approximate surface area is 129 Å². The van der Waals surface area contributed by atoms with E-state index in [0.29, 0.717) is 11.3 Å². The molecule has 0 saturated carbocycles. The average molecular weight is 294 g/mol. The Balaban J connectivity index is 2.23. The van der Waals surface area contributed by atoms with Gasteiger partial charge >= 0.3 is 7.69 Å². The molecule has 0 saturated heterocycles. The van der Waals surface area contributed by atoms with Gasteiger partial charge in [0.2, 0.25) is 0 Å². The lowest BCUT2D eigenvalue weighted by Crippen LogP contribution is -2.04. The van der Waals surface area contributed by atoms with E-state index in [9.17, 15) is 4.39 Å². The molecule has 0 bridgehead atoms. The Morgan fingerprint density at radius 3 is 2.32 bits per heavy atom. The van der Waals surface area contributed by atoms with Crippen LogP contribution in [0.4, 0.5) is 4.39 Å². The van der Waals surface area contributed by atoms with Crippen molar-refractivity contribution < 1.29 is 14.1 Å². The maximum Gasteiger partial charge on any atom is 0.504 e. The number of hydrogen-bond donors (Lipinski definition) is 1. The molecule has 0 aliphatic heterocycles. The van der Waals surface area contributed by atoms with Crippen LogP contribution in [0, 0.1) is 19.7 Å². The number of aryl methyl sites for hydroxylation is 1. The molecule has 4 heteroatoms. The minimum Gasteiger partial charge on any atom is -0.538 e. The first-order valence-corrected chi connectivity index (χ1v) is 7.14. The summed E-state index contributed by atoms with van der Waals surface area (Å²) in [4.78, 5) is 0. The van der Waals surface area contributed by atoms with Crippen LogP contribution in [0.25, 0.3) is 21.9 Å². The molecule has 0 heterocycles. The molecule has 0 aliphatic carbocycles. The third-order valence-electron chi connectivity index (χ3n) is 3.94. The highest BCUT2D eigenvalue weighted by molar-refractivity contribution is 6.17. The molecule has 3 aromatic carbocycles. The van der Waals surface area contributed by atoms with Crippen molar-refractivity contribution in [3.63, 3.8) is 0 Å². The van der Waals surface area contributed by atoms with Gasteiger partial charge in [-0.3, -0.25) is 0 Å². The van der Waals surface area contributed by atoms with Crippen LogP contribution in [0.2, 0.25) is 0 Å². The van der Waals surface area contributed by atoms with Crippen molar-refractivity contribution in [1.29, 1.82) is 0 Å². The van der Waals surface area contributed by atoms with E-state index >= 15 is 0 Å². The topological polar surface area (TPSA) is 29.5 Å². The minimum absolute atomic E-state index is 0.263. The van der Waals surface area contributed by atoms with Gasteiger partial charge in [0, 0.05) is 5.56 Å². The first-order valence-electron chi connectivity index (χ1n) is 7.14. The van der Waals surface area contributed by atoms with E-state index < -0.39 is 7.69 Å². The highest BCUT2D eigenvalue weighted by Crippen LogP contribution is 2.35. The van der Waals surface area contributed by atoms with E-state index in [-0.39, 0.29) is 5.82 Å². The summed E-state index contributed by atoms with van der Waals surface area (Å²) in [5.74, 6) is 0.341. The lowest BCUT2D eigenvalue weighted by atomic mass is 9.95. The lowest BCUT2D eigenvalue weighted by molar-refractivity contribution is 0.450. The summed E-state index contributed by atoms with van der Waals surface area (Å²) in [6.45, 7) is 3.78. The molecule has 22 heavy (non-hydrogen) atoms. The van der Waals surface area contributed by atoms with Gasteiger partial charge in [0.15, 0.2) is 0 Å². The number of fused-ring (bicyclic) bond motifs is 1. The van der Waals surface area contributed by atoms with Crippen molar-refractivity contribution in [2.45, 2.75) is 13.8 Å². The number of benzene rings is 3. The maximum absolute atomic E-state index is 14.5. The van der Waals surface area contributed by atoms with E-state index in [4.69, 9.17) is 9.68 Å². The SMILES string of the molecule is Cc1ccc(-c2cc3ccccc3cc2F)c(C)c1OBO. The van der Waals surface area contributed by atoms with Crippen molar-refractivity contribution in [3.05, 3.63) is 65.5 Å². The summed E-state index contributed by atoms with van der Waals surface area (Å²) in [5, 5.41) is 10.9. The van der Waals surface area contributed by atoms with E-state index in [1.54, 1.807) is 6.07 Å². The van der Waals surface area contributed by atoms with Crippen LogP contribution in [-0.4, -0.2) is 12.7 Å². The molecule has 0 fully saturated rings. The predicted octanol–water partition coefficient (Wildman–Crippen LogP) is 3.90. The highest BCUT2D eigenvalue weighted by atomic mass is 19.1. The molecule has 0 spiro atoms. The summed E-state index contributed by atoms with van der Waals surface area (Å²) >= 11 is 0. The van der Waals surface area contributed by atoms with Crippen LogP contribution in [0.1, 0.15) is 11.1 Å². The van der Waals surface area contributed by atoms with Gasteiger partial charge in [0.25, 0.3) is 0 Å². The average Bonchev–Trinajstić information content (AvgIpc) is 2.51. The van der Waals surface area contributed by atoms with Crippen molar-refractivity contribution in [1.82, 2.24) is 0 Å². The second-order valence-corrected chi connectivity index (χ2v) is 5.34. The fraction of sp³-hybridized carbons (Fsp3) is 0.111. The molecule has 3 rings (SSSR count). The van der Waals surface area contributed by atoms with E-state index in [1.807, 2.05) is 56.3 Å². The summed E-state index contributed by atoms with van der Waals surface area (Å²) in [6.07, 6.45) is 0. The summed E-state index contributed by atoms with van der Waals surface area (Å²) in [5.41, 5.74) is 3.05. The molecule has 110 valence electrons. The van der Waals surface area contributed by atoms with Gasteiger partial charge in [-0.2, -0.15) is 0 Å². The first-order chi connectivity index (χ1) is 10.6. The Morgan fingerprint density at radius 1 is 0.955 bits per heavy atom. The van der Waals surface area contributed by atoms with Gasteiger partial charge in [0.05, 0.1) is 0 Å². The summed E-state index contributed by atoms with van der Waals surface area (Å²) < 4.78 is 19.8. The Bertz CT molecular complexity index is 846. The van der Waals surface area contributed by atoms with Crippen LogP contribution < -0.4 is 4.65 Å². The number of halogens is 1. The normalized spacial score (nSPS) is 10.7. The predicted molar refractivity (Wildman–Crippen MR) is 88.8 cm³/mol. The van der Waals surface area contributed by atoms with Gasteiger partial charge < -0.3 is 9.68 Å². The summed E-state index contributed by atoms with van der Waals surface area (Å²) in [6, 6.07) is 14.9. The molecule has 0 aromatic heterocycles. The quantitative estimate of drug-likeness (QED) is 0.742. The van der Waals surface area contributed by atoms with Gasteiger partial charge in [0.1, 0.15) is 11.6 Å². The van der Waals surface area contributed by atoms with Crippen molar-refractivity contribution in [2.75, 3.05) is 0 Å². The third-order valence-corrected chi connectivity index (χ3v) is 3.94. The smallest absolute Gasteiger partial charge is 0.504 e. The molecular weight excluding hydrogens is 278 g/mol. The molecule has 0 amide bonds. The fourth-order valence-electron chi connectivity index (χ4n) is 2.82. The van der Waals surface area contributed by atoms with E-state index in [2.05, 4.69) is 0 Å². The van der Waals surface area contributed by atoms with Gasteiger partial charge in [-0.1, -0.05) is 36.4 Å². The Morgan fingerprint density at radius 2 is 1.64 bits per heavy atom. The van der Waals surface area contributed by atoms with Crippen LogP contribution in [-0.2, 0) is 0 Å². The fourth-order valence-corrected chi connectivity index (χ4v) is 2.82. The number of rotatable bonds is 3. The molecule has 0 radical (unpaired) electrons. The third kappa shape index (κ3) is 2.46. The zero-order valence-corrected chi connectivity index (χ0v) is 12.6. The van der Waals surface area contributed by atoms with E-state index in [1.165, 1.54) is 0 Å². The second-order valence-electron chi connectivity index (χ2n) is 5.34. The molecule has 3 aromatic rings. The molecule has 0 atom stereocenters. The first kappa shape index (κ1) is 14.6. The molecule has 0 aliphatic rings. The molecule has 0 unspecified atom stereocenters. The highest BCUT2D eigenvalue weighted by Gasteiger charge is 2.14. The maximum atomic E-state index is 14.5. The van der Waals surface area contributed by atoms with Crippen LogP contribution in [0.5, 0.6) is 5.75 Å². The second kappa shape index (κ2) is 5.81. The van der Waals surface area contributed by atoms with E-state index in [0.717, 1.165) is 27.5 Å². The van der Waals surface area contributed by atoms with Gasteiger partial charge in [-0.05, 0) is 53.4 Å². The molecular formula is C18H16BFO2. The van der Waals surface area contributed by atoms with Crippen LogP contribution in [0.3, 0.4) is 0 Å². The van der Waals surface area contributed by atoms with Crippen molar-refractivity contribution in [2.24, 2.45) is 0 Å².